The van der Waals surface area contributed by atoms with E-state index in [9.17, 15) is 9.18 Å². The first-order chi connectivity index (χ1) is 10.7. The molecule has 0 saturated carbocycles. The lowest BCUT2D eigenvalue weighted by atomic mass is 10.2. The summed E-state index contributed by atoms with van der Waals surface area (Å²) in [6.45, 7) is 1.77. The molecule has 22 heavy (non-hydrogen) atoms. The summed E-state index contributed by atoms with van der Waals surface area (Å²) in [6, 6.07) is 3.84. The van der Waals surface area contributed by atoms with Crippen LogP contribution in [0.4, 0.5) is 10.2 Å². The minimum Gasteiger partial charge on any atom is -0.354 e. The molecule has 5 nitrogen and oxygen atoms in total. The number of carbonyl (C=O) groups is 1. The zero-order chi connectivity index (χ0) is 15.1. The summed E-state index contributed by atoms with van der Waals surface area (Å²) in [7, 11) is 0. The third-order valence-corrected chi connectivity index (χ3v) is 5.15. The molecule has 2 aromatic heterocycles. The lowest BCUT2D eigenvalue weighted by molar-refractivity contribution is 0.0950. The van der Waals surface area contributed by atoms with Gasteiger partial charge in [-0.1, -0.05) is 0 Å². The molecule has 2 aromatic rings. The molecular formula is C15H15FN4OS. The Labute approximate surface area is 131 Å². The van der Waals surface area contributed by atoms with Crippen LogP contribution in [-0.2, 0) is 6.42 Å². The van der Waals surface area contributed by atoms with Gasteiger partial charge in [0, 0.05) is 31.3 Å². The molecule has 1 fully saturated rings. The first kappa shape index (κ1) is 13.6. The van der Waals surface area contributed by atoms with Crippen molar-refractivity contribution in [1.82, 2.24) is 15.3 Å². The number of hydrogen-bond donors (Lipinski definition) is 1. The van der Waals surface area contributed by atoms with Crippen molar-refractivity contribution in [1.29, 1.82) is 0 Å². The highest BCUT2D eigenvalue weighted by atomic mass is 32.1. The van der Waals surface area contributed by atoms with E-state index in [1.165, 1.54) is 11.3 Å². The van der Waals surface area contributed by atoms with Crippen LogP contribution in [0, 0.1) is 0 Å². The third kappa shape index (κ3) is 2.35. The standard InChI is InChI=1S/C15H15FN4OS/c16-10-4-6-20(8-10)12-2-1-9(7-18-12)15-19-11-3-5-17-14(21)13(11)22-15/h1-2,7,10H,3-6,8H2,(H,17,21). The number of hydrogen-bond acceptors (Lipinski definition) is 5. The van der Waals surface area contributed by atoms with Crippen LogP contribution in [0.3, 0.4) is 0 Å². The highest BCUT2D eigenvalue weighted by Gasteiger charge is 2.24. The van der Waals surface area contributed by atoms with Gasteiger partial charge in [-0.2, -0.15) is 0 Å². The SMILES string of the molecule is O=C1NCCc2nc(-c3ccc(N4CCC(F)C4)nc3)sc21. The molecule has 0 spiro atoms. The zero-order valence-corrected chi connectivity index (χ0v) is 12.7. The van der Waals surface area contributed by atoms with Crippen molar-refractivity contribution in [3.8, 4) is 10.6 Å². The Morgan fingerprint density at radius 2 is 2.32 bits per heavy atom. The lowest BCUT2D eigenvalue weighted by Gasteiger charge is -2.15. The summed E-state index contributed by atoms with van der Waals surface area (Å²) < 4.78 is 13.3. The minimum atomic E-state index is -0.759. The van der Waals surface area contributed by atoms with Crippen molar-refractivity contribution in [3.05, 3.63) is 28.9 Å². The van der Waals surface area contributed by atoms with Crippen molar-refractivity contribution in [2.24, 2.45) is 0 Å². The first-order valence-corrected chi connectivity index (χ1v) is 8.16. The number of rotatable bonds is 2. The van der Waals surface area contributed by atoms with Gasteiger partial charge in [-0.25, -0.2) is 14.4 Å². The topological polar surface area (TPSA) is 58.1 Å². The smallest absolute Gasteiger partial charge is 0.263 e. The van der Waals surface area contributed by atoms with E-state index in [1.807, 2.05) is 17.0 Å². The summed E-state index contributed by atoms with van der Waals surface area (Å²) >= 11 is 1.40. The fourth-order valence-electron chi connectivity index (χ4n) is 2.82. The van der Waals surface area contributed by atoms with Crippen LogP contribution in [0.5, 0.6) is 0 Å². The Hall–Kier alpha value is -2.02. The van der Waals surface area contributed by atoms with Gasteiger partial charge >= 0.3 is 0 Å². The van der Waals surface area contributed by atoms with E-state index < -0.39 is 6.17 Å². The number of aromatic nitrogens is 2. The Morgan fingerprint density at radius 3 is 3.00 bits per heavy atom. The fraction of sp³-hybridized carbons (Fsp3) is 0.400. The van der Waals surface area contributed by atoms with E-state index in [0.29, 0.717) is 30.9 Å². The van der Waals surface area contributed by atoms with Gasteiger partial charge in [0.25, 0.3) is 5.91 Å². The molecule has 0 bridgehead atoms. The van der Waals surface area contributed by atoms with Crippen molar-refractivity contribution >= 4 is 23.1 Å². The normalized spacial score (nSPS) is 20.9. The lowest BCUT2D eigenvalue weighted by Crippen LogP contribution is -2.30. The minimum absolute atomic E-state index is 0.0411. The second kappa shape index (κ2) is 5.31. The Bertz CT molecular complexity index is 715. The number of anilines is 1. The predicted molar refractivity (Wildman–Crippen MR) is 83.1 cm³/mol. The number of carbonyl (C=O) groups excluding carboxylic acids is 1. The van der Waals surface area contributed by atoms with Gasteiger partial charge in [-0.05, 0) is 18.6 Å². The molecular weight excluding hydrogens is 303 g/mol. The van der Waals surface area contributed by atoms with Crippen molar-refractivity contribution in [3.63, 3.8) is 0 Å². The Morgan fingerprint density at radius 1 is 1.41 bits per heavy atom. The molecule has 1 N–H and O–H groups in total. The average molecular weight is 318 g/mol. The van der Waals surface area contributed by atoms with E-state index in [1.54, 1.807) is 6.20 Å². The number of nitrogens with zero attached hydrogens (tertiary/aromatic N) is 3. The number of alkyl halides is 1. The molecule has 0 radical (unpaired) electrons. The second-order valence-corrected chi connectivity index (χ2v) is 6.54. The highest BCUT2D eigenvalue weighted by Crippen LogP contribution is 2.30. The maximum absolute atomic E-state index is 13.3. The molecule has 4 heterocycles. The van der Waals surface area contributed by atoms with E-state index in [-0.39, 0.29) is 5.91 Å². The number of thiazole rings is 1. The van der Waals surface area contributed by atoms with Crippen LogP contribution >= 0.6 is 11.3 Å². The Balaban J connectivity index is 1.60. The second-order valence-electron chi connectivity index (χ2n) is 5.54. The van der Waals surface area contributed by atoms with E-state index in [0.717, 1.165) is 28.5 Å². The molecule has 1 unspecified atom stereocenters. The maximum Gasteiger partial charge on any atom is 0.263 e. The van der Waals surface area contributed by atoms with Crippen LogP contribution in [-0.4, -0.2) is 41.7 Å². The van der Waals surface area contributed by atoms with Gasteiger partial charge in [0.1, 0.15) is 21.9 Å². The number of pyridine rings is 1. The third-order valence-electron chi connectivity index (χ3n) is 4.00. The van der Waals surface area contributed by atoms with E-state index in [2.05, 4.69) is 15.3 Å². The maximum atomic E-state index is 13.3. The molecule has 7 heteroatoms. The zero-order valence-electron chi connectivity index (χ0n) is 11.9. The monoisotopic (exact) mass is 318 g/mol. The van der Waals surface area contributed by atoms with Crippen molar-refractivity contribution < 1.29 is 9.18 Å². The van der Waals surface area contributed by atoms with Crippen molar-refractivity contribution in [2.75, 3.05) is 24.5 Å². The highest BCUT2D eigenvalue weighted by molar-refractivity contribution is 7.17. The van der Waals surface area contributed by atoms with Crippen molar-refractivity contribution in [2.45, 2.75) is 19.0 Å². The van der Waals surface area contributed by atoms with Gasteiger partial charge in [0.05, 0.1) is 12.2 Å². The number of halogens is 1. The quantitative estimate of drug-likeness (QED) is 0.920. The largest absolute Gasteiger partial charge is 0.354 e. The molecule has 1 saturated heterocycles. The average Bonchev–Trinajstić information content (AvgIpc) is 3.15. The number of nitrogens with one attached hydrogen (secondary N) is 1. The fourth-order valence-corrected chi connectivity index (χ4v) is 3.84. The van der Waals surface area contributed by atoms with Crippen LogP contribution in [0.25, 0.3) is 10.6 Å². The Kier molecular flexibility index (Phi) is 3.29. The molecule has 4 rings (SSSR count). The molecule has 2 aliphatic heterocycles. The van der Waals surface area contributed by atoms with Gasteiger partial charge in [-0.3, -0.25) is 4.79 Å². The summed E-state index contributed by atoms with van der Waals surface area (Å²) in [5, 5.41) is 3.64. The van der Waals surface area contributed by atoms with Gasteiger partial charge < -0.3 is 10.2 Å². The molecule has 0 aliphatic carbocycles. The van der Waals surface area contributed by atoms with Crippen LogP contribution in [0.1, 0.15) is 21.8 Å². The predicted octanol–water partition coefficient (Wildman–Crippen LogP) is 2.04. The summed E-state index contributed by atoms with van der Waals surface area (Å²) in [6.07, 6.45) is 2.33. The molecule has 2 aliphatic rings. The van der Waals surface area contributed by atoms with Crippen LogP contribution in [0.2, 0.25) is 0 Å². The first-order valence-electron chi connectivity index (χ1n) is 7.34. The molecule has 0 aromatic carbocycles. The van der Waals surface area contributed by atoms with Gasteiger partial charge in [0.2, 0.25) is 0 Å². The van der Waals surface area contributed by atoms with E-state index in [4.69, 9.17) is 0 Å². The molecule has 1 atom stereocenters. The molecule has 114 valence electrons. The summed E-state index contributed by atoms with van der Waals surface area (Å²) in [4.78, 5) is 23.4. The van der Waals surface area contributed by atoms with Gasteiger partial charge in [0.15, 0.2) is 0 Å². The summed E-state index contributed by atoms with van der Waals surface area (Å²) in [5.74, 6) is 0.753. The summed E-state index contributed by atoms with van der Waals surface area (Å²) in [5.41, 5.74) is 1.76. The van der Waals surface area contributed by atoms with E-state index >= 15 is 0 Å². The van der Waals surface area contributed by atoms with Crippen LogP contribution < -0.4 is 10.2 Å². The van der Waals surface area contributed by atoms with Crippen LogP contribution in [0.15, 0.2) is 18.3 Å². The molecule has 1 amide bonds. The van der Waals surface area contributed by atoms with Gasteiger partial charge in [-0.15, -0.1) is 11.3 Å². The number of amides is 1. The number of fused-ring (bicyclic) bond motifs is 1.